The highest BCUT2D eigenvalue weighted by Gasteiger charge is 2.24. The summed E-state index contributed by atoms with van der Waals surface area (Å²) >= 11 is 0. The van der Waals surface area contributed by atoms with Crippen LogP contribution in [0.5, 0.6) is 0 Å². The molecule has 1 aliphatic carbocycles. The van der Waals surface area contributed by atoms with Crippen molar-refractivity contribution in [1.29, 1.82) is 0 Å². The number of benzene rings is 1. The zero-order valence-electron chi connectivity index (χ0n) is 12.2. The van der Waals surface area contributed by atoms with Crippen molar-refractivity contribution < 1.29 is 4.79 Å². The van der Waals surface area contributed by atoms with Crippen LogP contribution in [0, 0.1) is 0 Å². The summed E-state index contributed by atoms with van der Waals surface area (Å²) < 4.78 is 0. The van der Waals surface area contributed by atoms with Gasteiger partial charge in [-0.3, -0.25) is 9.89 Å². The van der Waals surface area contributed by atoms with E-state index in [2.05, 4.69) is 30.8 Å². The van der Waals surface area contributed by atoms with Crippen LogP contribution < -0.4 is 16.4 Å². The van der Waals surface area contributed by atoms with E-state index in [1.807, 2.05) is 18.2 Å². The number of fused-ring (bicyclic) bond motifs is 1. The SMILES string of the molecule is NC(=O)c1cnc(Nc2ccc3[nH]ncc3c2)nc1NC1CC1. The lowest BCUT2D eigenvalue weighted by molar-refractivity contribution is 0.100. The molecule has 1 aliphatic rings. The number of carbonyl (C=O) groups is 1. The number of hydrogen-bond acceptors (Lipinski definition) is 6. The number of primary amides is 1. The van der Waals surface area contributed by atoms with Gasteiger partial charge in [0.1, 0.15) is 5.82 Å². The summed E-state index contributed by atoms with van der Waals surface area (Å²) in [4.78, 5) is 20.0. The summed E-state index contributed by atoms with van der Waals surface area (Å²) in [6.45, 7) is 0. The first-order valence-electron chi connectivity index (χ1n) is 7.32. The van der Waals surface area contributed by atoms with E-state index >= 15 is 0 Å². The maximum absolute atomic E-state index is 11.5. The smallest absolute Gasteiger partial charge is 0.254 e. The lowest BCUT2D eigenvalue weighted by Gasteiger charge is -2.10. The highest BCUT2D eigenvalue weighted by Crippen LogP contribution is 2.26. The number of nitrogens with two attached hydrogens (primary N) is 1. The minimum absolute atomic E-state index is 0.299. The highest BCUT2D eigenvalue weighted by atomic mass is 16.1. The van der Waals surface area contributed by atoms with Crippen LogP contribution in [-0.4, -0.2) is 32.1 Å². The Morgan fingerprint density at radius 1 is 1.30 bits per heavy atom. The molecule has 8 nitrogen and oxygen atoms in total. The van der Waals surface area contributed by atoms with E-state index in [1.54, 1.807) is 6.20 Å². The Balaban J connectivity index is 1.63. The third kappa shape index (κ3) is 2.78. The zero-order valence-corrected chi connectivity index (χ0v) is 12.2. The molecular formula is C15H15N7O. The molecule has 0 saturated heterocycles. The highest BCUT2D eigenvalue weighted by molar-refractivity contribution is 5.97. The van der Waals surface area contributed by atoms with Crippen LogP contribution in [-0.2, 0) is 0 Å². The van der Waals surface area contributed by atoms with Gasteiger partial charge in [0, 0.05) is 23.3 Å². The van der Waals surface area contributed by atoms with Gasteiger partial charge in [-0.15, -0.1) is 0 Å². The van der Waals surface area contributed by atoms with Crippen molar-refractivity contribution in [2.24, 2.45) is 5.73 Å². The van der Waals surface area contributed by atoms with Gasteiger partial charge in [0.15, 0.2) is 0 Å². The molecule has 5 N–H and O–H groups in total. The van der Waals surface area contributed by atoms with Gasteiger partial charge in [0.05, 0.1) is 17.3 Å². The molecule has 1 aromatic carbocycles. The second-order valence-electron chi connectivity index (χ2n) is 5.54. The van der Waals surface area contributed by atoms with Gasteiger partial charge < -0.3 is 16.4 Å². The van der Waals surface area contributed by atoms with Gasteiger partial charge in [-0.05, 0) is 31.0 Å². The summed E-state index contributed by atoms with van der Waals surface area (Å²) in [6.07, 6.45) is 5.33. The number of H-pyrrole nitrogens is 1. The van der Waals surface area contributed by atoms with Gasteiger partial charge in [-0.1, -0.05) is 0 Å². The number of rotatable bonds is 5. The van der Waals surface area contributed by atoms with E-state index in [0.29, 0.717) is 23.4 Å². The molecule has 116 valence electrons. The number of hydrogen-bond donors (Lipinski definition) is 4. The van der Waals surface area contributed by atoms with E-state index in [4.69, 9.17) is 5.73 Å². The maximum Gasteiger partial charge on any atom is 0.254 e. The number of nitrogens with zero attached hydrogens (tertiary/aromatic N) is 3. The van der Waals surface area contributed by atoms with Crippen LogP contribution in [0.25, 0.3) is 10.9 Å². The molecule has 0 aliphatic heterocycles. The van der Waals surface area contributed by atoms with Crippen molar-refractivity contribution >= 4 is 34.3 Å². The Labute approximate surface area is 131 Å². The summed E-state index contributed by atoms with van der Waals surface area (Å²) in [5.74, 6) is 0.336. The molecule has 2 aromatic heterocycles. The maximum atomic E-state index is 11.5. The molecule has 0 spiro atoms. The fourth-order valence-electron chi connectivity index (χ4n) is 2.30. The van der Waals surface area contributed by atoms with E-state index in [-0.39, 0.29) is 0 Å². The fraction of sp³-hybridized carbons (Fsp3) is 0.200. The molecule has 3 aromatic rings. The summed E-state index contributed by atoms with van der Waals surface area (Å²) in [7, 11) is 0. The number of aromatic nitrogens is 4. The number of carbonyl (C=O) groups excluding carboxylic acids is 1. The van der Waals surface area contributed by atoms with Crippen molar-refractivity contribution in [1.82, 2.24) is 20.2 Å². The first kappa shape index (κ1) is 13.5. The first-order chi connectivity index (χ1) is 11.2. The number of aromatic amines is 1. The minimum Gasteiger partial charge on any atom is -0.367 e. The molecule has 0 radical (unpaired) electrons. The van der Waals surface area contributed by atoms with Gasteiger partial charge in [0.2, 0.25) is 5.95 Å². The molecular weight excluding hydrogens is 294 g/mol. The molecule has 4 rings (SSSR count). The second kappa shape index (κ2) is 5.24. The Bertz CT molecular complexity index is 884. The number of amides is 1. The largest absolute Gasteiger partial charge is 0.367 e. The predicted molar refractivity (Wildman–Crippen MR) is 86.6 cm³/mol. The lowest BCUT2D eigenvalue weighted by atomic mass is 10.2. The van der Waals surface area contributed by atoms with Gasteiger partial charge in [-0.2, -0.15) is 10.1 Å². The normalized spacial score (nSPS) is 13.9. The van der Waals surface area contributed by atoms with Crippen molar-refractivity contribution in [3.8, 4) is 0 Å². The van der Waals surface area contributed by atoms with Gasteiger partial charge >= 0.3 is 0 Å². The summed E-state index contributed by atoms with van der Waals surface area (Å²) in [5, 5.41) is 14.2. The van der Waals surface area contributed by atoms with E-state index in [1.165, 1.54) is 6.20 Å². The standard InChI is InChI=1S/C15H15N7O/c16-13(23)11-7-17-15(21-14(11)19-9-1-2-9)20-10-3-4-12-8(5-10)6-18-22-12/h3-7,9H,1-2H2,(H2,16,23)(H,18,22)(H2,17,19,20,21). The van der Waals surface area contributed by atoms with Crippen LogP contribution in [0.15, 0.2) is 30.6 Å². The monoisotopic (exact) mass is 309 g/mol. The quantitative estimate of drug-likeness (QED) is 0.570. The van der Waals surface area contributed by atoms with Crippen LogP contribution in [0.1, 0.15) is 23.2 Å². The topological polar surface area (TPSA) is 122 Å². The molecule has 23 heavy (non-hydrogen) atoms. The van der Waals surface area contributed by atoms with Crippen LogP contribution in [0.4, 0.5) is 17.5 Å². The van der Waals surface area contributed by atoms with Gasteiger partial charge in [0.25, 0.3) is 5.91 Å². The third-order valence-corrected chi connectivity index (χ3v) is 3.67. The zero-order chi connectivity index (χ0) is 15.8. The van der Waals surface area contributed by atoms with Crippen LogP contribution in [0.3, 0.4) is 0 Å². The Morgan fingerprint density at radius 3 is 2.96 bits per heavy atom. The average molecular weight is 309 g/mol. The van der Waals surface area contributed by atoms with E-state index < -0.39 is 5.91 Å². The molecule has 0 atom stereocenters. The van der Waals surface area contributed by atoms with Crippen molar-refractivity contribution in [3.63, 3.8) is 0 Å². The first-order valence-corrected chi connectivity index (χ1v) is 7.32. The Kier molecular flexibility index (Phi) is 3.07. The Morgan fingerprint density at radius 2 is 2.17 bits per heavy atom. The number of anilines is 3. The second-order valence-corrected chi connectivity index (χ2v) is 5.54. The summed E-state index contributed by atoms with van der Waals surface area (Å²) in [6, 6.07) is 6.13. The van der Waals surface area contributed by atoms with Crippen LogP contribution in [0.2, 0.25) is 0 Å². The summed E-state index contributed by atoms with van der Waals surface area (Å²) in [5.41, 5.74) is 7.46. The predicted octanol–water partition coefficient (Wildman–Crippen LogP) is 1.77. The fourth-order valence-corrected chi connectivity index (χ4v) is 2.30. The lowest BCUT2D eigenvalue weighted by Crippen LogP contribution is -2.17. The molecule has 2 heterocycles. The minimum atomic E-state index is -0.542. The molecule has 0 bridgehead atoms. The van der Waals surface area contributed by atoms with E-state index in [9.17, 15) is 4.79 Å². The average Bonchev–Trinajstić information content (AvgIpc) is 3.22. The molecule has 1 amide bonds. The molecule has 1 fully saturated rings. The Hall–Kier alpha value is -3.16. The number of nitrogens with one attached hydrogen (secondary N) is 3. The third-order valence-electron chi connectivity index (χ3n) is 3.67. The molecule has 8 heteroatoms. The molecule has 1 saturated carbocycles. The van der Waals surface area contributed by atoms with Crippen molar-refractivity contribution in [2.45, 2.75) is 18.9 Å². The van der Waals surface area contributed by atoms with E-state index in [0.717, 1.165) is 29.4 Å². The molecule has 0 unspecified atom stereocenters. The van der Waals surface area contributed by atoms with Crippen LogP contribution >= 0.6 is 0 Å². The van der Waals surface area contributed by atoms with Crippen molar-refractivity contribution in [2.75, 3.05) is 10.6 Å². The van der Waals surface area contributed by atoms with Crippen molar-refractivity contribution in [3.05, 3.63) is 36.2 Å². The van der Waals surface area contributed by atoms with Gasteiger partial charge in [-0.25, -0.2) is 4.98 Å².